The summed E-state index contributed by atoms with van der Waals surface area (Å²) in [6, 6.07) is 12.3. The summed E-state index contributed by atoms with van der Waals surface area (Å²) in [5, 5.41) is 10.7. The topological polar surface area (TPSA) is 85.3 Å². The Kier molecular flexibility index (Phi) is 3.85. The van der Waals surface area contributed by atoms with Gasteiger partial charge in [-0.15, -0.1) is 0 Å². The van der Waals surface area contributed by atoms with Crippen molar-refractivity contribution in [3.05, 3.63) is 70.0 Å². The third kappa shape index (κ3) is 2.54. The molecule has 5 heteroatoms. The van der Waals surface area contributed by atoms with Crippen molar-refractivity contribution in [3.8, 4) is 11.4 Å². The SMILES string of the molecule is CC(C)c1ccc(-n2cc(C(N)=O)c(=O)c3ccccc32)cc1O. The molecule has 24 heavy (non-hydrogen) atoms. The molecule has 0 unspecified atom stereocenters. The molecule has 2 aromatic carbocycles. The molecule has 0 atom stereocenters. The number of hydrogen-bond acceptors (Lipinski definition) is 3. The molecule has 3 aromatic rings. The normalized spacial score (nSPS) is 11.1. The van der Waals surface area contributed by atoms with E-state index in [1.54, 1.807) is 28.8 Å². The van der Waals surface area contributed by atoms with E-state index in [0.717, 1.165) is 5.56 Å². The van der Waals surface area contributed by atoms with Crippen LogP contribution in [0.5, 0.6) is 5.75 Å². The molecule has 0 saturated heterocycles. The second-order valence-corrected chi connectivity index (χ2v) is 6.02. The Morgan fingerprint density at radius 2 is 1.88 bits per heavy atom. The highest BCUT2D eigenvalue weighted by Gasteiger charge is 2.15. The number of primary amides is 1. The fourth-order valence-electron chi connectivity index (χ4n) is 2.84. The first-order chi connectivity index (χ1) is 11.4. The van der Waals surface area contributed by atoms with Gasteiger partial charge in [-0.2, -0.15) is 0 Å². The van der Waals surface area contributed by atoms with Crippen LogP contribution < -0.4 is 11.2 Å². The molecule has 3 rings (SSSR count). The summed E-state index contributed by atoms with van der Waals surface area (Å²) >= 11 is 0. The number of phenols is 1. The summed E-state index contributed by atoms with van der Waals surface area (Å²) in [5.74, 6) is -0.417. The molecule has 0 aliphatic rings. The molecule has 0 spiro atoms. The second kappa shape index (κ2) is 5.85. The van der Waals surface area contributed by atoms with Crippen molar-refractivity contribution in [1.82, 2.24) is 4.57 Å². The summed E-state index contributed by atoms with van der Waals surface area (Å²) in [7, 11) is 0. The van der Waals surface area contributed by atoms with Crippen molar-refractivity contribution in [1.29, 1.82) is 0 Å². The summed E-state index contributed by atoms with van der Waals surface area (Å²) in [6.07, 6.45) is 1.43. The Balaban J connectivity index is 2.34. The van der Waals surface area contributed by atoms with Crippen molar-refractivity contribution >= 4 is 16.8 Å². The third-order valence-electron chi connectivity index (χ3n) is 4.09. The van der Waals surface area contributed by atoms with Crippen LogP contribution in [0.1, 0.15) is 35.7 Å². The quantitative estimate of drug-likeness (QED) is 0.777. The van der Waals surface area contributed by atoms with Crippen molar-refractivity contribution in [2.45, 2.75) is 19.8 Å². The van der Waals surface area contributed by atoms with E-state index >= 15 is 0 Å². The van der Waals surface area contributed by atoms with Gasteiger partial charge in [-0.05, 0) is 29.7 Å². The van der Waals surface area contributed by atoms with E-state index in [2.05, 4.69) is 0 Å². The van der Waals surface area contributed by atoms with Gasteiger partial charge in [-0.25, -0.2) is 0 Å². The second-order valence-electron chi connectivity index (χ2n) is 6.02. The monoisotopic (exact) mass is 322 g/mol. The van der Waals surface area contributed by atoms with Crippen molar-refractivity contribution in [2.75, 3.05) is 0 Å². The van der Waals surface area contributed by atoms with Gasteiger partial charge in [0.2, 0.25) is 5.43 Å². The molecule has 1 amide bonds. The number of rotatable bonds is 3. The van der Waals surface area contributed by atoms with Crippen LogP contribution in [0.15, 0.2) is 53.5 Å². The van der Waals surface area contributed by atoms with E-state index in [4.69, 9.17) is 5.73 Å². The van der Waals surface area contributed by atoms with E-state index in [0.29, 0.717) is 16.6 Å². The maximum Gasteiger partial charge on any atom is 0.254 e. The van der Waals surface area contributed by atoms with Gasteiger partial charge in [0, 0.05) is 23.3 Å². The standard InChI is InChI=1S/C19H18N2O3/c1-11(2)13-8-7-12(9-17(13)22)21-10-15(19(20)24)18(23)14-5-3-4-6-16(14)21/h3-11,22H,1-2H3,(H2,20,24). The number of benzene rings is 2. The summed E-state index contributed by atoms with van der Waals surface area (Å²) in [6.45, 7) is 3.99. The lowest BCUT2D eigenvalue weighted by Gasteiger charge is -2.15. The van der Waals surface area contributed by atoms with Gasteiger partial charge in [0.25, 0.3) is 5.91 Å². The molecular weight excluding hydrogens is 304 g/mol. The zero-order valence-electron chi connectivity index (χ0n) is 13.5. The van der Waals surface area contributed by atoms with Gasteiger partial charge in [0.1, 0.15) is 11.3 Å². The Bertz CT molecular complexity index is 1000. The largest absolute Gasteiger partial charge is 0.508 e. The number of nitrogens with two attached hydrogens (primary N) is 1. The van der Waals surface area contributed by atoms with Gasteiger partial charge in [0.15, 0.2) is 0 Å². The number of carbonyl (C=O) groups is 1. The zero-order valence-corrected chi connectivity index (χ0v) is 13.5. The Morgan fingerprint density at radius 1 is 1.17 bits per heavy atom. The molecule has 0 aliphatic heterocycles. The van der Waals surface area contributed by atoms with Gasteiger partial charge < -0.3 is 15.4 Å². The van der Waals surface area contributed by atoms with Crippen molar-refractivity contribution < 1.29 is 9.90 Å². The predicted octanol–water partition coefficient (Wildman–Crippen LogP) is 2.92. The van der Waals surface area contributed by atoms with Crippen LogP contribution in [0.25, 0.3) is 16.6 Å². The summed E-state index contributed by atoms with van der Waals surface area (Å²) in [4.78, 5) is 24.0. The number of amides is 1. The molecular formula is C19H18N2O3. The minimum Gasteiger partial charge on any atom is -0.508 e. The van der Waals surface area contributed by atoms with E-state index < -0.39 is 11.3 Å². The minimum atomic E-state index is -0.775. The van der Waals surface area contributed by atoms with E-state index in [1.165, 1.54) is 6.20 Å². The number of para-hydroxylation sites is 1. The lowest BCUT2D eigenvalue weighted by atomic mass is 10.0. The van der Waals surface area contributed by atoms with Gasteiger partial charge in [-0.1, -0.05) is 32.0 Å². The summed E-state index contributed by atoms with van der Waals surface area (Å²) < 4.78 is 1.70. The maximum atomic E-state index is 12.4. The van der Waals surface area contributed by atoms with Gasteiger partial charge >= 0.3 is 0 Å². The Morgan fingerprint density at radius 3 is 2.50 bits per heavy atom. The third-order valence-corrected chi connectivity index (χ3v) is 4.09. The number of nitrogens with zero attached hydrogens (tertiary/aromatic N) is 1. The average Bonchev–Trinajstić information content (AvgIpc) is 2.54. The fraction of sp³-hybridized carbons (Fsp3) is 0.158. The predicted molar refractivity (Wildman–Crippen MR) is 93.8 cm³/mol. The number of pyridine rings is 1. The maximum absolute atomic E-state index is 12.4. The zero-order chi connectivity index (χ0) is 17.4. The highest BCUT2D eigenvalue weighted by atomic mass is 16.3. The van der Waals surface area contributed by atoms with Crippen molar-refractivity contribution in [3.63, 3.8) is 0 Å². The highest BCUT2D eigenvalue weighted by Crippen LogP contribution is 2.28. The first-order valence-electron chi connectivity index (χ1n) is 7.67. The van der Waals surface area contributed by atoms with E-state index in [1.807, 2.05) is 32.0 Å². The molecule has 0 saturated carbocycles. The Hall–Kier alpha value is -3.08. The lowest BCUT2D eigenvalue weighted by Crippen LogP contribution is -2.23. The number of carbonyl (C=O) groups excluding carboxylic acids is 1. The molecule has 1 heterocycles. The fourth-order valence-corrected chi connectivity index (χ4v) is 2.84. The summed E-state index contributed by atoms with van der Waals surface area (Å²) in [5.41, 5.74) is 7.00. The number of phenolic OH excluding ortho intramolecular Hbond substituents is 1. The van der Waals surface area contributed by atoms with Crippen molar-refractivity contribution in [2.24, 2.45) is 5.73 Å². The van der Waals surface area contributed by atoms with Crippen LogP contribution in [0, 0.1) is 0 Å². The van der Waals surface area contributed by atoms with Gasteiger partial charge in [0.05, 0.1) is 5.52 Å². The van der Waals surface area contributed by atoms with Crippen LogP contribution >= 0.6 is 0 Å². The minimum absolute atomic E-state index is 0.0823. The lowest BCUT2D eigenvalue weighted by molar-refractivity contribution is 0.0999. The van der Waals surface area contributed by atoms with Crippen LogP contribution in [0.3, 0.4) is 0 Å². The Labute approximate surface area is 139 Å². The number of fused-ring (bicyclic) bond motifs is 1. The molecule has 3 N–H and O–H groups in total. The molecule has 122 valence electrons. The number of hydrogen-bond donors (Lipinski definition) is 2. The molecule has 0 bridgehead atoms. The highest BCUT2D eigenvalue weighted by molar-refractivity contribution is 5.96. The smallest absolute Gasteiger partial charge is 0.254 e. The van der Waals surface area contributed by atoms with E-state index in [9.17, 15) is 14.7 Å². The van der Waals surface area contributed by atoms with Crippen LogP contribution in [-0.2, 0) is 0 Å². The van der Waals surface area contributed by atoms with Crippen LogP contribution in [0.4, 0.5) is 0 Å². The molecule has 5 nitrogen and oxygen atoms in total. The van der Waals surface area contributed by atoms with E-state index in [-0.39, 0.29) is 17.2 Å². The molecule has 0 fully saturated rings. The average molecular weight is 322 g/mol. The first-order valence-corrected chi connectivity index (χ1v) is 7.67. The number of aromatic hydroxyl groups is 1. The number of aromatic nitrogens is 1. The van der Waals surface area contributed by atoms with Gasteiger partial charge in [-0.3, -0.25) is 9.59 Å². The van der Waals surface area contributed by atoms with Crippen LogP contribution in [0.2, 0.25) is 0 Å². The van der Waals surface area contributed by atoms with Crippen LogP contribution in [-0.4, -0.2) is 15.6 Å². The first kappa shape index (κ1) is 15.8. The molecule has 0 radical (unpaired) electrons. The molecule has 0 aliphatic carbocycles. The molecule has 1 aromatic heterocycles.